The van der Waals surface area contributed by atoms with E-state index in [1.807, 2.05) is 11.6 Å². The Morgan fingerprint density at radius 3 is 2.24 bits per heavy atom. The summed E-state index contributed by atoms with van der Waals surface area (Å²) in [5.41, 5.74) is 4.45. The average molecular weight is 287 g/mol. The molecule has 0 aromatic carbocycles. The van der Waals surface area contributed by atoms with Crippen molar-refractivity contribution in [2.24, 2.45) is 0 Å². The van der Waals surface area contributed by atoms with E-state index in [1.165, 1.54) is 5.56 Å². The van der Waals surface area contributed by atoms with Gasteiger partial charge in [-0.2, -0.15) is 5.10 Å². The Kier molecular flexibility index (Phi) is 4.60. The molecule has 0 fully saturated rings. The van der Waals surface area contributed by atoms with Crippen molar-refractivity contribution in [3.8, 4) is 5.82 Å². The van der Waals surface area contributed by atoms with Gasteiger partial charge >= 0.3 is 0 Å². The molecule has 0 saturated heterocycles. The molecule has 0 unspecified atom stereocenters. The second-order valence-corrected chi connectivity index (χ2v) is 5.43. The van der Waals surface area contributed by atoms with Gasteiger partial charge in [-0.3, -0.25) is 0 Å². The number of nitrogens with one attached hydrogen (secondary N) is 1. The number of nitrogens with zero attached hydrogens (tertiary/aromatic N) is 4. The number of hydrogen-bond acceptors (Lipinski definition) is 4. The standard InChI is InChI=1S/C16H25N5/c1-7-9-17-15-11(4)16(19-14(8-2)18-15)21-13(6)10(3)12(5)20-21/h7-9H2,1-6H3,(H,17,18,19). The molecule has 2 aromatic heterocycles. The van der Waals surface area contributed by atoms with Crippen LogP contribution in [-0.2, 0) is 6.42 Å². The van der Waals surface area contributed by atoms with Crippen molar-refractivity contribution < 1.29 is 0 Å². The first kappa shape index (κ1) is 15.5. The SMILES string of the molecule is CCCNc1nc(CC)nc(-n2nc(C)c(C)c2C)c1C. The minimum atomic E-state index is 0.812. The van der Waals surface area contributed by atoms with Crippen LogP contribution in [0.2, 0.25) is 0 Å². The molecule has 1 N–H and O–H groups in total. The lowest BCUT2D eigenvalue weighted by Crippen LogP contribution is -2.13. The molecular weight excluding hydrogens is 262 g/mol. The van der Waals surface area contributed by atoms with Crippen LogP contribution in [0.25, 0.3) is 5.82 Å². The number of aromatic nitrogens is 4. The van der Waals surface area contributed by atoms with Crippen LogP contribution < -0.4 is 5.32 Å². The van der Waals surface area contributed by atoms with Gasteiger partial charge in [0.15, 0.2) is 5.82 Å². The van der Waals surface area contributed by atoms with E-state index in [-0.39, 0.29) is 0 Å². The third-order valence-corrected chi connectivity index (χ3v) is 3.88. The summed E-state index contributed by atoms with van der Waals surface area (Å²) >= 11 is 0. The molecule has 0 radical (unpaired) electrons. The normalized spacial score (nSPS) is 11.0. The van der Waals surface area contributed by atoms with Crippen molar-refractivity contribution in [1.29, 1.82) is 0 Å². The van der Waals surface area contributed by atoms with E-state index >= 15 is 0 Å². The van der Waals surface area contributed by atoms with E-state index < -0.39 is 0 Å². The van der Waals surface area contributed by atoms with Crippen molar-refractivity contribution >= 4 is 5.82 Å². The van der Waals surface area contributed by atoms with Crippen LogP contribution in [0.4, 0.5) is 5.82 Å². The molecule has 5 heteroatoms. The molecule has 21 heavy (non-hydrogen) atoms. The average Bonchev–Trinajstić information content (AvgIpc) is 2.74. The Bertz CT molecular complexity index is 643. The van der Waals surface area contributed by atoms with Crippen LogP contribution in [0.15, 0.2) is 0 Å². The second kappa shape index (κ2) is 6.24. The van der Waals surface area contributed by atoms with Crippen molar-refractivity contribution in [2.75, 3.05) is 11.9 Å². The molecule has 0 aliphatic heterocycles. The minimum Gasteiger partial charge on any atom is -0.370 e. The summed E-state index contributed by atoms with van der Waals surface area (Å²) in [6.07, 6.45) is 1.88. The molecule has 2 rings (SSSR count). The highest BCUT2D eigenvalue weighted by atomic mass is 15.3. The highest BCUT2D eigenvalue weighted by molar-refractivity contribution is 5.52. The maximum absolute atomic E-state index is 4.69. The van der Waals surface area contributed by atoms with Gasteiger partial charge in [0.2, 0.25) is 0 Å². The summed E-state index contributed by atoms with van der Waals surface area (Å²) in [6, 6.07) is 0. The lowest BCUT2D eigenvalue weighted by molar-refractivity contribution is 0.773. The zero-order chi connectivity index (χ0) is 15.6. The van der Waals surface area contributed by atoms with E-state index in [9.17, 15) is 0 Å². The molecule has 0 aliphatic rings. The number of anilines is 1. The molecule has 0 bridgehead atoms. The molecule has 114 valence electrons. The molecular formula is C16H25N5. The molecule has 0 atom stereocenters. The largest absolute Gasteiger partial charge is 0.370 e. The zero-order valence-corrected chi connectivity index (χ0v) is 13.9. The summed E-state index contributed by atoms with van der Waals surface area (Å²) < 4.78 is 1.94. The molecule has 5 nitrogen and oxygen atoms in total. The predicted octanol–water partition coefficient (Wildman–Crippen LogP) is 3.28. The van der Waals surface area contributed by atoms with Gasteiger partial charge in [0, 0.05) is 24.2 Å². The first-order valence-electron chi connectivity index (χ1n) is 7.64. The maximum Gasteiger partial charge on any atom is 0.162 e. The van der Waals surface area contributed by atoms with Gasteiger partial charge in [-0.05, 0) is 39.7 Å². The molecule has 0 aliphatic carbocycles. The highest BCUT2D eigenvalue weighted by Gasteiger charge is 2.16. The fourth-order valence-corrected chi connectivity index (χ4v) is 2.26. The summed E-state index contributed by atoms with van der Waals surface area (Å²) in [6.45, 7) is 13.4. The number of hydrogen-bond donors (Lipinski definition) is 1. The molecule has 0 saturated carbocycles. The van der Waals surface area contributed by atoms with Gasteiger partial charge in [-0.25, -0.2) is 14.6 Å². The molecule has 2 aromatic rings. The Balaban J connectivity index is 2.58. The van der Waals surface area contributed by atoms with E-state index in [1.54, 1.807) is 0 Å². The van der Waals surface area contributed by atoms with Crippen LogP contribution in [0.5, 0.6) is 0 Å². The Labute approximate surface area is 126 Å². The highest BCUT2D eigenvalue weighted by Crippen LogP contribution is 2.22. The third kappa shape index (κ3) is 2.91. The van der Waals surface area contributed by atoms with E-state index in [0.29, 0.717) is 0 Å². The van der Waals surface area contributed by atoms with Crippen LogP contribution in [0.1, 0.15) is 48.6 Å². The smallest absolute Gasteiger partial charge is 0.162 e. The monoisotopic (exact) mass is 287 g/mol. The zero-order valence-electron chi connectivity index (χ0n) is 13.9. The van der Waals surface area contributed by atoms with Crippen LogP contribution >= 0.6 is 0 Å². The minimum absolute atomic E-state index is 0.812. The van der Waals surface area contributed by atoms with Gasteiger partial charge in [-0.1, -0.05) is 13.8 Å². The van der Waals surface area contributed by atoms with Crippen LogP contribution in [0.3, 0.4) is 0 Å². The lowest BCUT2D eigenvalue weighted by Gasteiger charge is -2.14. The van der Waals surface area contributed by atoms with Crippen molar-refractivity contribution in [2.45, 2.75) is 54.4 Å². The number of aryl methyl sites for hydroxylation is 2. The Morgan fingerprint density at radius 1 is 1.00 bits per heavy atom. The van der Waals surface area contributed by atoms with Gasteiger partial charge in [0.1, 0.15) is 11.6 Å². The van der Waals surface area contributed by atoms with Crippen LogP contribution in [-0.4, -0.2) is 26.3 Å². The summed E-state index contributed by atoms with van der Waals surface area (Å²) in [5, 5.41) is 8.03. The van der Waals surface area contributed by atoms with E-state index in [0.717, 1.165) is 53.8 Å². The van der Waals surface area contributed by atoms with Crippen molar-refractivity contribution in [1.82, 2.24) is 19.7 Å². The van der Waals surface area contributed by atoms with Gasteiger partial charge in [0.25, 0.3) is 0 Å². The van der Waals surface area contributed by atoms with Crippen LogP contribution in [0, 0.1) is 27.7 Å². The Morgan fingerprint density at radius 2 is 1.71 bits per heavy atom. The molecule has 2 heterocycles. The topological polar surface area (TPSA) is 55.6 Å². The fourth-order valence-electron chi connectivity index (χ4n) is 2.26. The van der Waals surface area contributed by atoms with E-state index in [2.05, 4.69) is 50.0 Å². The van der Waals surface area contributed by atoms with Gasteiger partial charge < -0.3 is 5.32 Å². The quantitative estimate of drug-likeness (QED) is 0.917. The first-order chi connectivity index (χ1) is 9.99. The second-order valence-electron chi connectivity index (χ2n) is 5.43. The Hall–Kier alpha value is -1.91. The van der Waals surface area contributed by atoms with Crippen molar-refractivity contribution in [3.05, 3.63) is 28.3 Å². The maximum atomic E-state index is 4.69. The third-order valence-electron chi connectivity index (χ3n) is 3.88. The molecule has 0 spiro atoms. The summed E-state index contributed by atoms with van der Waals surface area (Å²) in [4.78, 5) is 9.30. The first-order valence-corrected chi connectivity index (χ1v) is 7.64. The van der Waals surface area contributed by atoms with Gasteiger partial charge in [0.05, 0.1) is 5.69 Å². The number of rotatable bonds is 5. The van der Waals surface area contributed by atoms with E-state index in [4.69, 9.17) is 4.98 Å². The predicted molar refractivity (Wildman–Crippen MR) is 86.3 cm³/mol. The lowest BCUT2D eigenvalue weighted by atomic mass is 10.2. The van der Waals surface area contributed by atoms with Gasteiger partial charge in [-0.15, -0.1) is 0 Å². The molecule has 0 amide bonds. The fraction of sp³-hybridized carbons (Fsp3) is 0.562. The van der Waals surface area contributed by atoms with Crippen molar-refractivity contribution in [3.63, 3.8) is 0 Å². The summed E-state index contributed by atoms with van der Waals surface area (Å²) in [7, 11) is 0. The summed E-state index contributed by atoms with van der Waals surface area (Å²) in [5.74, 6) is 2.65.